The van der Waals surface area contributed by atoms with E-state index in [9.17, 15) is 18.0 Å². The number of thioether (sulfide) groups is 1. The number of nitrogens with zero attached hydrogens (tertiary/aromatic N) is 3. The fraction of sp³-hybridized carbons (Fsp3) is 0.500. The van der Waals surface area contributed by atoms with Gasteiger partial charge in [-0.1, -0.05) is 6.07 Å². The summed E-state index contributed by atoms with van der Waals surface area (Å²) in [6, 6.07) is 1.39. The van der Waals surface area contributed by atoms with Crippen molar-refractivity contribution in [2.45, 2.75) is 24.7 Å². The molecule has 1 saturated heterocycles. The lowest BCUT2D eigenvalue weighted by atomic mass is 10.0. The number of hydrogen-bond donors (Lipinski definition) is 1. The topological polar surface area (TPSA) is 50.2 Å². The molecule has 0 aromatic carbocycles. The molecule has 10 heteroatoms. The number of halogens is 3. The van der Waals surface area contributed by atoms with Crippen LogP contribution in [0.1, 0.15) is 33.7 Å². The van der Waals surface area contributed by atoms with Crippen molar-refractivity contribution >= 4 is 34.8 Å². The highest BCUT2D eigenvalue weighted by Gasteiger charge is 2.47. The van der Waals surface area contributed by atoms with E-state index in [4.69, 9.17) is 0 Å². The smallest absolute Gasteiger partial charge is 0.362 e. The Morgan fingerprint density at radius 2 is 2.08 bits per heavy atom. The van der Waals surface area contributed by atoms with E-state index in [0.717, 1.165) is 21.1 Å². The van der Waals surface area contributed by atoms with Gasteiger partial charge in [0.15, 0.2) is 6.04 Å². The zero-order chi connectivity index (χ0) is 18.3. The van der Waals surface area contributed by atoms with E-state index in [1.165, 1.54) is 17.5 Å². The maximum Gasteiger partial charge on any atom is 0.410 e. The molecule has 0 bridgehead atoms. The minimum absolute atomic E-state index is 0.146. The van der Waals surface area contributed by atoms with Gasteiger partial charge in [-0.3, -0.25) is 4.79 Å². The van der Waals surface area contributed by atoms with E-state index in [1.54, 1.807) is 16.7 Å². The van der Waals surface area contributed by atoms with Crippen molar-refractivity contribution in [1.82, 2.24) is 14.7 Å². The molecule has 5 nitrogen and oxygen atoms in total. The van der Waals surface area contributed by atoms with E-state index < -0.39 is 18.3 Å². The minimum Gasteiger partial charge on any atom is -0.362 e. The number of alkyl halides is 3. The van der Waals surface area contributed by atoms with Crippen molar-refractivity contribution in [3.8, 4) is 0 Å². The predicted octanol–water partition coefficient (Wildman–Crippen LogP) is 3.79. The average molecular weight is 402 g/mol. The Morgan fingerprint density at radius 1 is 1.31 bits per heavy atom. The predicted molar refractivity (Wildman–Crippen MR) is 95.8 cm³/mol. The van der Waals surface area contributed by atoms with Gasteiger partial charge in [-0.15, -0.1) is 11.3 Å². The summed E-state index contributed by atoms with van der Waals surface area (Å²) >= 11 is 3.17. The number of fused-ring (bicyclic) bond motifs is 1. The Balaban J connectivity index is 1.70. The monoisotopic (exact) mass is 402 g/mol. The van der Waals surface area contributed by atoms with E-state index in [0.29, 0.717) is 13.1 Å². The molecule has 2 aliphatic rings. The second-order valence-electron chi connectivity index (χ2n) is 6.26. The molecule has 1 fully saturated rings. The van der Waals surface area contributed by atoms with Gasteiger partial charge in [0.2, 0.25) is 0 Å². The molecular formula is C16H17F3N4OS2. The molecule has 0 unspecified atom stereocenters. The highest BCUT2D eigenvalue weighted by Crippen LogP contribution is 2.45. The maximum atomic E-state index is 13.6. The first-order valence-electron chi connectivity index (χ1n) is 8.26. The minimum atomic E-state index is -4.43. The van der Waals surface area contributed by atoms with Gasteiger partial charge >= 0.3 is 6.18 Å². The summed E-state index contributed by atoms with van der Waals surface area (Å²) in [6.45, 7) is 1.20. The van der Waals surface area contributed by atoms with Gasteiger partial charge in [0.25, 0.3) is 5.91 Å². The summed E-state index contributed by atoms with van der Waals surface area (Å²) in [4.78, 5) is 15.3. The normalized spacial score (nSPS) is 23.4. The summed E-state index contributed by atoms with van der Waals surface area (Å²) in [5, 5.41) is 8.89. The molecule has 2 aromatic rings. The van der Waals surface area contributed by atoms with Crippen LogP contribution in [0, 0.1) is 0 Å². The van der Waals surface area contributed by atoms with Gasteiger partial charge < -0.3 is 10.2 Å². The number of anilines is 1. The molecular weight excluding hydrogens is 385 g/mol. The Labute approximate surface area is 156 Å². The number of nitrogens with one attached hydrogen (secondary N) is 1. The van der Waals surface area contributed by atoms with Gasteiger partial charge in [-0.2, -0.15) is 30.0 Å². The van der Waals surface area contributed by atoms with E-state index in [2.05, 4.69) is 10.4 Å². The molecule has 0 spiro atoms. The molecule has 2 aliphatic heterocycles. The Kier molecular flexibility index (Phi) is 4.64. The quantitative estimate of drug-likeness (QED) is 0.830. The summed E-state index contributed by atoms with van der Waals surface area (Å²) in [6.07, 6.45) is -3.31. The standard InChI is InChI=1S/C16H17F3N4OS2/c17-16(18,19)13-8-11(12-2-1-5-26-12)21-14-10(9-20-23(13)14)15(24)22-3-6-25-7-4-22/h1-2,5,9,11,13,21H,3-4,6-8H2/t11-,13-/m1/s1. The van der Waals surface area contributed by atoms with Gasteiger partial charge in [-0.25, -0.2) is 4.68 Å². The Hall–Kier alpha value is -1.68. The number of carbonyl (C=O) groups is 1. The Bertz CT molecular complexity index is 784. The highest BCUT2D eigenvalue weighted by atomic mass is 32.2. The van der Waals surface area contributed by atoms with Gasteiger partial charge in [0.1, 0.15) is 11.4 Å². The van der Waals surface area contributed by atoms with Crippen LogP contribution in [0.5, 0.6) is 0 Å². The van der Waals surface area contributed by atoms with Crippen LogP contribution in [0.2, 0.25) is 0 Å². The SMILES string of the molecule is O=C(c1cnn2c1N[C@@H](c1cccs1)C[C@@H]2C(F)(F)F)N1CCSCC1. The first-order chi connectivity index (χ1) is 12.4. The zero-order valence-electron chi connectivity index (χ0n) is 13.7. The van der Waals surface area contributed by atoms with Crippen LogP contribution in [0.4, 0.5) is 19.0 Å². The summed E-state index contributed by atoms with van der Waals surface area (Å²) in [5.41, 5.74) is 0.215. The lowest BCUT2D eigenvalue weighted by Gasteiger charge is -2.34. The summed E-state index contributed by atoms with van der Waals surface area (Å²) in [5.74, 6) is 1.59. The second kappa shape index (κ2) is 6.80. The molecule has 26 heavy (non-hydrogen) atoms. The molecule has 140 valence electrons. The lowest BCUT2D eigenvalue weighted by molar-refractivity contribution is -0.173. The molecule has 1 amide bonds. The van der Waals surface area contributed by atoms with Crippen LogP contribution < -0.4 is 5.32 Å². The third-order valence-corrected chi connectivity index (χ3v) is 6.58. The number of thiophene rings is 1. The van der Waals surface area contributed by atoms with Crippen LogP contribution in [-0.4, -0.2) is 51.4 Å². The molecule has 1 N–H and O–H groups in total. The Morgan fingerprint density at radius 3 is 2.73 bits per heavy atom. The van der Waals surface area contributed by atoms with Crippen molar-refractivity contribution in [1.29, 1.82) is 0 Å². The van der Waals surface area contributed by atoms with Crippen molar-refractivity contribution in [2.75, 3.05) is 29.9 Å². The molecule has 4 rings (SSSR count). The van der Waals surface area contributed by atoms with Crippen molar-refractivity contribution in [3.05, 3.63) is 34.2 Å². The molecule has 2 aromatic heterocycles. The molecule has 4 heterocycles. The fourth-order valence-corrected chi connectivity index (χ4v) is 5.03. The lowest BCUT2D eigenvalue weighted by Crippen LogP contribution is -2.39. The van der Waals surface area contributed by atoms with Crippen LogP contribution >= 0.6 is 23.1 Å². The second-order valence-corrected chi connectivity index (χ2v) is 8.47. The van der Waals surface area contributed by atoms with Crippen LogP contribution in [0.3, 0.4) is 0 Å². The van der Waals surface area contributed by atoms with E-state index in [-0.39, 0.29) is 23.7 Å². The third-order valence-electron chi connectivity index (χ3n) is 4.65. The summed E-state index contributed by atoms with van der Waals surface area (Å²) < 4.78 is 41.8. The molecule has 0 radical (unpaired) electrons. The zero-order valence-corrected chi connectivity index (χ0v) is 15.3. The molecule has 2 atom stereocenters. The third kappa shape index (κ3) is 3.20. The molecule has 0 saturated carbocycles. The van der Waals surface area contributed by atoms with E-state index >= 15 is 0 Å². The van der Waals surface area contributed by atoms with Crippen LogP contribution in [0.15, 0.2) is 23.7 Å². The fourth-order valence-electron chi connectivity index (χ4n) is 3.33. The number of hydrogen-bond acceptors (Lipinski definition) is 5. The molecule has 0 aliphatic carbocycles. The number of amides is 1. The van der Waals surface area contributed by atoms with Crippen LogP contribution in [-0.2, 0) is 0 Å². The first-order valence-corrected chi connectivity index (χ1v) is 10.3. The highest BCUT2D eigenvalue weighted by molar-refractivity contribution is 7.99. The van der Waals surface area contributed by atoms with Gasteiger partial charge in [0.05, 0.1) is 12.2 Å². The summed E-state index contributed by atoms with van der Waals surface area (Å²) in [7, 11) is 0. The van der Waals surface area contributed by atoms with Crippen LogP contribution in [0.25, 0.3) is 0 Å². The van der Waals surface area contributed by atoms with Crippen molar-refractivity contribution in [3.63, 3.8) is 0 Å². The maximum absolute atomic E-state index is 13.6. The van der Waals surface area contributed by atoms with Crippen molar-refractivity contribution < 1.29 is 18.0 Å². The number of aromatic nitrogens is 2. The largest absolute Gasteiger partial charge is 0.410 e. The number of rotatable bonds is 2. The first kappa shape index (κ1) is 17.7. The van der Waals surface area contributed by atoms with Crippen molar-refractivity contribution in [2.24, 2.45) is 0 Å². The number of carbonyl (C=O) groups excluding carboxylic acids is 1. The van der Waals surface area contributed by atoms with Gasteiger partial charge in [-0.05, 0) is 11.4 Å². The van der Waals surface area contributed by atoms with E-state index in [1.807, 2.05) is 17.5 Å². The van der Waals surface area contributed by atoms with Gasteiger partial charge in [0, 0.05) is 35.9 Å². The average Bonchev–Trinajstić information content (AvgIpc) is 3.30.